The molecular formula is C20H32N4O3. The van der Waals surface area contributed by atoms with Crippen LogP contribution in [0.25, 0.3) is 0 Å². The fourth-order valence-electron chi connectivity index (χ4n) is 2.81. The second-order valence-corrected chi connectivity index (χ2v) is 7.32. The second kappa shape index (κ2) is 10.5. The number of nitrogens with zero attached hydrogens (tertiary/aromatic N) is 2. The number of ether oxygens (including phenoxy) is 3. The van der Waals surface area contributed by atoms with Gasteiger partial charge in [0.2, 0.25) is 5.88 Å². The van der Waals surface area contributed by atoms with Gasteiger partial charge in [-0.05, 0) is 50.7 Å². The van der Waals surface area contributed by atoms with E-state index in [1.54, 1.807) is 6.20 Å². The zero-order valence-electron chi connectivity index (χ0n) is 16.4. The van der Waals surface area contributed by atoms with Gasteiger partial charge in [0.15, 0.2) is 5.96 Å². The summed E-state index contributed by atoms with van der Waals surface area (Å²) in [7, 11) is 0. The van der Waals surface area contributed by atoms with E-state index in [-0.39, 0.29) is 12.1 Å². The Morgan fingerprint density at radius 2 is 2.30 bits per heavy atom. The van der Waals surface area contributed by atoms with Crippen molar-refractivity contribution in [2.75, 3.05) is 33.0 Å². The molecule has 2 atom stereocenters. The number of hydrogen-bond acceptors (Lipinski definition) is 5. The first kappa shape index (κ1) is 19.9. The second-order valence-electron chi connectivity index (χ2n) is 7.32. The van der Waals surface area contributed by atoms with Crippen molar-refractivity contribution >= 4 is 5.96 Å². The van der Waals surface area contributed by atoms with Crippen molar-refractivity contribution in [3.8, 4) is 5.88 Å². The summed E-state index contributed by atoms with van der Waals surface area (Å²) in [4.78, 5) is 8.97. The lowest BCUT2D eigenvalue weighted by atomic mass is 10.2. The highest BCUT2D eigenvalue weighted by molar-refractivity contribution is 5.80. The summed E-state index contributed by atoms with van der Waals surface area (Å²) in [6, 6.07) is 4.12. The van der Waals surface area contributed by atoms with E-state index in [9.17, 15) is 0 Å². The maximum absolute atomic E-state index is 5.88. The van der Waals surface area contributed by atoms with Crippen LogP contribution < -0.4 is 15.4 Å². The van der Waals surface area contributed by atoms with Gasteiger partial charge in [0.25, 0.3) is 0 Å². The molecule has 2 unspecified atom stereocenters. The molecule has 150 valence electrons. The van der Waals surface area contributed by atoms with Gasteiger partial charge in [0, 0.05) is 31.5 Å². The molecule has 3 rings (SSSR count). The van der Waals surface area contributed by atoms with E-state index in [2.05, 4.69) is 34.5 Å². The molecule has 2 N–H and O–H groups in total. The van der Waals surface area contributed by atoms with Crippen molar-refractivity contribution in [3.63, 3.8) is 0 Å². The first-order chi connectivity index (χ1) is 13.2. The van der Waals surface area contributed by atoms with E-state index in [0.29, 0.717) is 25.6 Å². The smallest absolute Gasteiger partial charge is 0.213 e. The van der Waals surface area contributed by atoms with E-state index in [0.717, 1.165) is 43.6 Å². The van der Waals surface area contributed by atoms with Crippen molar-refractivity contribution in [1.29, 1.82) is 0 Å². The van der Waals surface area contributed by atoms with E-state index in [1.807, 2.05) is 12.1 Å². The molecular weight excluding hydrogens is 344 g/mol. The standard InChI is InChI=1S/C20H32N4O3/c1-3-21-20(24-15(2)12-26-18-7-9-25-14-18)23-11-17-6-8-22-19(10-17)27-13-16-4-5-16/h6,8,10,15-16,18H,3-5,7,9,11-14H2,1-2H3,(H2,21,23,24). The van der Waals surface area contributed by atoms with E-state index < -0.39 is 0 Å². The fourth-order valence-corrected chi connectivity index (χ4v) is 2.81. The zero-order valence-corrected chi connectivity index (χ0v) is 16.4. The van der Waals surface area contributed by atoms with Crippen LogP contribution in [0.3, 0.4) is 0 Å². The third kappa shape index (κ3) is 7.34. The Bertz CT molecular complexity index is 601. The Labute approximate surface area is 161 Å². The minimum atomic E-state index is 0.165. The molecule has 1 aromatic heterocycles. The van der Waals surface area contributed by atoms with Gasteiger partial charge in [-0.3, -0.25) is 0 Å². The largest absolute Gasteiger partial charge is 0.477 e. The van der Waals surface area contributed by atoms with Gasteiger partial charge in [-0.1, -0.05) is 0 Å². The van der Waals surface area contributed by atoms with Crippen LogP contribution in [0.2, 0.25) is 0 Å². The Balaban J connectivity index is 1.47. The average Bonchev–Trinajstić information content (AvgIpc) is 3.36. The minimum absolute atomic E-state index is 0.165. The zero-order chi connectivity index (χ0) is 18.9. The van der Waals surface area contributed by atoms with Gasteiger partial charge in [0.05, 0.1) is 32.5 Å². The molecule has 2 aliphatic rings. The van der Waals surface area contributed by atoms with Gasteiger partial charge < -0.3 is 24.8 Å². The number of pyridine rings is 1. The topological polar surface area (TPSA) is 77.0 Å². The van der Waals surface area contributed by atoms with Crippen molar-refractivity contribution in [3.05, 3.63) is 23.9 Å². The highest BCUT2D eigenvalue weighted by atomic mass is 16.5. The maximum atomic E-state index is 5.88. The number of hydrogen-bond donors (Lipinski definition) is 2. The Morgan fingerprint density at radius 1 is 1.41 bits per heavy atom. The van der Waals surface area contributed by atoms with Gasteiger partial charge in [-0.2, -0.15) is 0 Å². The summed E-state index contributed by atoms with van der Waals surface area (Å²) in [5.41, 5.74) is 1.08. The van der Waals surface area contributed by atoms with E-state index in [1.165, 1.54) is 12.8 Å². The number of guanidine groups is 1. The van der Waals surface area contributed by atoms with Crippen LogP contribution in [0.4, 0.5) is 0 Å². The third-order valence-electron chi connectivity index (χ3n) is 4.58. The molecule has 1 aliphatic heterocycles. The molecule has 0 aromatic carbocycles. The predicted molar refractivity (Wildman–Crippen MR) is 105 cm³/mol. The molecule has 7 nitrogen and oxygen atoms in total. The molecule has 0 radical (unpaired) electrons. The minimum Gasteiger partial charge on any atom is -0.477 e. The van der Waals surface area contributed by atoms with Crippen LogP contribution in [0.15, 0.2) is 23.3 Å². The number of nitrogens with one attached hydrogen (secondary N) is 2. The van der Waals surface area contributed by atoms with E-state index >= 15 is 0 Å². The Kier molecular flexibility index (Phi) is 7.71. The van der Waals surface area contributed by atoms with Gasteiger partial charge in [-0.15, -0.1) is 0 Å². The van der Waals surface area contributed by atoms with Crippen LogP contribution in [-0.2, 0) is 16.0 Å². The van der Waals surface area contributed by atoms with Crippen molar-refractivity contribution < 1.29 is 14.2 Å². The van der Waals surface area contributed by atoms with E-state index in [4.69, 9.17) is 14.2 Å². The van der Waals surface area contributed by atoms with Gasteiger partial charge in [-0.25, -0.2) is 9.98 Å². The Hall–Kier alpha value is -1.86. The summed E-state index contributed by atoms with van der Waals surface area (Å²) in [6.07, 6.45) is 5.54. The number of aliphatic imine (C=N–C) groups is 1. The summed E-state index contributed by atoms with van der Waals surface area (Å²) < 4.78 is 17.0. The van der Waals surface area contributed by atoms with Crippen LogP contribution in [-0.4, -0.2) is 56.1 Å². The fraction of sp³-hybridized carbons (Fsp3) is 0.700. The normalized spacial score (nSPS) is 21.1. The lowest BCUT2D eigenvalue weighted by Crippen LogP contribution is -2.44. The van der Waals surface area contributed by atoms with Gasteiger partial charge in [0.1, 0.15) is 0 Å². The Morgan fingerprint density at radius 3 is 3.04 bits per heavy atom. The molecule has 2 heterocycles. The molecule has 1 aromatic rings. The molecule has 7 heteroatoms. The van der Waals surface area contributed by atoms with Crippen molar-refractivity contribution in [1.82, 2.24) is 15.6 Å². The van der Waals surface area contributed by atoms with Crippen LogP contribution >= 0.6 is 0 Å². The maximum Gasteiger partial charge on any atom is 0.213 e. The highest BCUT2D eigenvalue weighted by Gasteiger charge is 2.22. The van der Waals surface area contributed by atoms with Crippen LogP contribution in [0.5, 0.6) is 5.88 Å². The first-order valence-corrected chi connectivity index (χ1v) is 10.0. The highest BCUT2D eigenvalue weighted by Crippen LogP contribution is 2.29. The van der Waals surface area contributed by atoms with Crippen molar-refractivity contribution in [2.24, 2.45) is 10.9 Å². The quantitative estimate of drug-likeness (QED) is 0.481. The lowest BCUT2D eigenvalue weighted by Gasteiger charge is -2.19. The van der Waals surface area contributed by atoms with Crippen LogP contribution in [0.1, 0.15) is 38.7 Å². The molecule has 1 saturated heterocycles. The molecule has 0 spiro atoms. The average molecular weight is 377 g/mol. The summed E-state index contributed by atoms with van der Waals surface area (Å²) >= 11 is 0. The molecule has 0 bridgehead atoms. The predicted octanol–water partition coefficient (Wildman–Crippen LogP) is 2.12. The molecule has 1 aliphatic carbocycles. The first-order valence-electron chi connectivity index (χ1n) is 10.0. The lowest BCUT2D eigenvalue weighted by molar-refractivity contribution is 0.0347. The number of rotatable bonds is 10. The molecule has 0 amide bonds. The summed E-state index contributed by atoms with van der Waals surface area (Å²) in [5, 5.41) is 6.69. The molecule has 1 saturated carbocycles. The monoisotopic (exact) mass is 376 g/mol. The van der Waals surface area contributed by atoms with Gasteiger partial charge >= 0.3 is 0 Å². The summed E-state index contributed by atoms with van der Waals surface area (Å²) in [5.74, 6) is 2.19. The SMILES string of the molecule is CCNC(=NCc1ccnc(OCC2CC2)c1)NC(C)COC1CCOC1. The van der Waals surface area contributed by atoms with Crippen molar-refractivity contribution in [2.45, 2.75) is 51.8 Å². The number of aromatic nitrogens is 1. The summed E-state index contributed by atoms with van der Waals surface area (Å²) in [6.45, 7) is 8.44. The van der Waals surface area contributed by atoms with Crippen LogP contribution in [0, 0.1) is 5.92 Å². The molecule has 27 heavy (non-hydrogen) atoms. The molecule has 2 fully saturated rings. The third-order valence-corrected chi connectivity index (χ3v) is 4.58.